The molecule has 2 amide bonds. The summed E-state index contributed by atoms with van der Waals surface area (Å²) in [7, 11) is 0. The van der Waals surface area contributed by atoms with Crippen molar-refractivity contribution < 1.29 is 9.59 Å². The van der Waals surface area contributed by atoms with Gasteiger partial charge in [-0.1, -0.05) is 32.0 Å². The monoisotopic (exact) mass is 316 g/mol. The molecule has 0 aliphatic rings. The molecule has 2 atom stereocenters. The van der Waals surface area contributed by atoms with Crippen molar-refractivity contribution in [2.24, 2.45) is 17.4 Å². The molecule has 0 aliphatic heterocycles. The fourth-order valence-corrected chi connectivity index (χ4v) is 2.64. The van der Waals surface area contributed by atoms with Crippen LogP contribution in [0.15, 0.2) is 30.5 Å². The largest absolute Gasteiger partial charge is 0.368 e. The molecule has 0 unspecified atom stereocenters. The number of fused-ring (bicyclic) bond motifs is 1. The van der Waals surface area contributed by atoms with Gasteiger partial charge < -0.3 is 21.8 Å². The smallest absolute Gasteiger partial charge is 0.240 e. The third-order valence-corrected chi connectivity index (χ3v) is 3.82. The maximum absolute atomic E-state index is 12.1. The van der Waals surface area contributed by atoms with E-state index in [1.165, 1.54) is 0 Å². The van der Waals surface area contributed by atoms with E-state index < -0.39 is 18.0 Å². The van der Waals surface area contributed by atoms with E-state index in [-0.39, 0.29) is 5.91 Å². The fourth-order valence-electron chi connectivity index (χ4n) is 2.64. The second-order valence-corrected chi connectivity index (χ2v) is 6.26. The SMILES string of the molecule is CC(C)C[C@H](N)C(=O)N[C@H](Cc1c[nH]c2ccccc12)C(N)=O. The van der Waals surface area contributed by atoms with Crippen LogP contribution in [0.4, 0.5) is 0 Å². The summed E-state index contributed by atoms with van der Waals surface area (Å²) in [6, 6.07) is 6.36. The highest BCUT2D eigenvalue weighted by Crippen LogP contribution is 2.19. The topological polar surface area (TPSA) is 114 Å². The predicted octanol–water partition coefficient (Wildman–Crippen LogP) is 1.05. The number of rotatable bonds is 7. The zero-order valence-corrected chi connectivity index (χ0v) is 13.5. The van der Waals surface area contributed by atoms with E-state index in [0.29, 0.717) is 18.8 Å². The number of hydrogen-bond donors (Lipinski definition) is 4. The van der Waals surface area contributed by atoms with Crippen LogP contribution in [-0.2, 0) is 16.0 Å². The molecule has 6 nitrogen and oxygen atoms in total. The number of aromatic amines is 1. The molecule has 2 aromatic rings. The second-order valence-electron chi connectivity index (χ2n) is 6.26. The van der Waals surface area contributed by atoms with Gasteiger partial charge >= 0.3 is 0 Å². The van der Waals surface area contributed by atoms with Crippen molar-refractivity contribution in [1.29, 1.82) is 0 Å². The minimum Gasteiger partial charge on any atom is -0.368 e. The van der Waals surface area contributed by atoms with Crippen molar-refractivity contribution in [3.8, 4) is 0 Å². The molecule has 1 heterocycles. The highest BCUT2D eigenvalue weighted by molar-refractivity contribution is 5.90. The van der Waals surface area contributed by atoms with Crippen LogP contribution in [0.2, 0.25) is 0 Å². The van der Waals surface area contributed by atoms with Crippen molar-refractivity contribution >= 4 is 22.7 Å². The Morgan fingerprint density at radius 3 is 2.61 bits per heavy atom. The fraction of sp³-hybridized carbons (Fsp3) is 0.412. The number of H-pyrrole nitrogens is 1. The molecule has 6 heteroatoms. The number of para-hydroxylation sites is 1. The van der Waals surface area contributed by atoms with Crippen LogP contribution < -0.4 is 16.8 Å². The summed E-state index contributed by atoms with van der Waals surface area (Å²) in [5.41, 5.74) is 13.2. The molecule has 23 heavy (non-hydrogen) atoms. The molecule has 0 aliphatic carbocycles. The van der Waals surface area contributed by atoms with E-state index in [9.17, 15) is 9.59 Å². The predicted molar refractivity (Wildman–Crippen MR) is 90.6 cm³/mol. The first-order valence-corrected chi connectivity index (χ1v) is 7.78. The lowest BCUT2D eigenvalue weighted by atomic mass is 10.0. The van der Waals surface area contributed by atoms with Crippen LogP contribution in [0.3, 0.4) is 0 Å². The Balaban J connectivity index is 2.10. The molecule has 1 aromatic carbocycles. The van der Waals surface area contributed by atoms with E-state index in [4.69, 9.17) is 11.5 Å². The first-order chi connectivity index (χ1) is 10.9. The van der Waals surface area contributed by atoms with Gasteiger partial charge in [-0.3, -0.25) is 9.59 Å². The second kappa shape index (κ2) is 7.28. The molecule has 0 bridgehead atoms. The zero-order chi connectivity index (χ0) is 17.0. The average molecular weight is 316 g/mol. The maximum atomic E-state index is 12.1. The Kier molecular flexibility index (Phi) is 5.39. The highest BCUT2D eigenvalue weighted by Gasteiger charge is 2.23. The molecule has 1 aromatic heterocycles. The number of primary amides is 1. The summed E-state index contributed by atoms with van der Waals surface area (Å²) >= 11 is 0. The lowest BCUT2D eigenvalue weighted by Crippen LogP contribution is -2.51. The summed E-state index contributed by atoms with van der Waals surface area (Å²) in [6.45, 7) is 3.98. The van der Waals surface area contributed by atoms with E-state index in [0.717, 1.165) is 16.5 Å². The Hall–Kier alpha value is -2.34. The minimum atomic E-state index is -0.778. The van der Waals surface area contributed by atoms with Crippen molar-refractivity contribution in [2.45, 2.75) is 38.8 Å². The van der Waals surface area contributed by atoms with Crippen LogP contribution >= 0.6 is 0 Å². The number of amides is 2. The van der Waals surface area contributed by atoms with Crippen LogP contribution in [0.1, 0.15) is 25.8 Å². The van der Waals surface area contributed by atoms with E-state index in [2.05, 4.69) is 10.3 Å². The third-order valence-electron chi connectivity index (χ3n) is 3.82. The summed E-state index contributed by atoms with van der Waals surface area (Å²) in [4.78, 5) is 27.0. The van der Waals surface area contributed by atoms with Gasteiger partial charge in [0.1, 0.15) is 6.04 Å². The van der Waals surface area contributed by atoms with Crippen molar-refractivity contribution in [2.75, 3.05) is 0 Å². The van der Waals surface area contributed by atoms with E-state index in [1.54, 1.807) is 0 Å². The quantitative estimate of drug-likeness (QED) is 0.612. The van der Waals surface area contributed by atoms with Crippen LogP contribution in [0, 0.1) is 5.92 Å². The normalized spacial score (nSPS) is 13.9. The number of carbonyl (C=O) groups excluding carboxylic acids is 2. The molecule has 2 rings (SSSR count). The summed E-state index contributed by atoms with van der Waals surface area (Å²) in [6.07, 6.45) is 2.73. The lowest BCUT2D eigenvalue weighted by Gasteiger charge is -2.19. The van der Waals surface area contributed by atoms with Crippen LogP contribution in [0.25, 0.3) is 10.9 Å². The van der Waals surface area contributed by atoms with Gasteiger partial charge in [0.05, 0.1) is 6.04 Å². The average Bonchev–Trinajstić information content (AvgIpc) is 2.89. The first kappa shape index (κ1) is 17.0. The number of carbonyl (C=O) groups is 2. The summed E-state index contributed by atoms with van der Waals surface area (Å²) in [5, 5.41) is 3.69. The van der Waals surface area contributed by atoms with Crippen molar-refractivity contribution in [3.05, 3.63) is 36.0 Å². The van der Waals surface area contributed by atoms with E-state index in [1.807, 2.05) is 44.3 Å². The Morgan fingerprint density at radius 2 is 1.96 bits per heavy atom. The molecule has 0 saturated heterocycles. The van der Waals surface area contributed by atoms with Gasteiger partial charge in [-0.2, -0.15) is 0 Å². The van der Waals surface area contributed by atoms with Crippen LogP contribution in [0.5, 0.6) is 0 Å². The molecule has 0 fully saturated rings. The van der Waals surface area contributed by atoms with Gasteiger partial charge in [-0.15, -0.1) is 0 Å². The molecule has 6 N–H and O–H groups in total. The van der Waals surface area contributed by atoms with E-state index >= 15 is 0 Å². The number of nitrogens with one attached hydrogen (secondary N) is 2. The third kappa shape index (κ3) is 4.32. The molecule has 0 radical (unpaired) electrons. The number of benzene rings is 1. The molecular weight excluding hydrogens is 292 g/mol. The maximum Gasteiger partial charge on any atom is 0.240 e. The van der Waals surface area contributed by atoms with Gasteiger partial charge in [0.25, 0.3) is 0 Å². The number of nitrogens with two attached hydrogens (primary N) is 2. The van der Waals surface area contributed by atoms with Gasteiger partial charge in [0.2, 0.25) is 11.8 Å². The summed E-state index contributed by atoms with van der Waals surface area (Å²) in [5.74, 6) is -0.612. The number of aromatic nitrogens is 1. The lowest BCUT2D eigenvalue weighted by molar-refractivity contribution is -0.128. The molecule has 0 spiro atoms. The van der Waals surface area contributed by atoms with Gasteiger partial charge in [-0.05, 0) is 24.0 Å². The highest BCUT2D eigenvalue weighted by atomic mass is 16.2. The van der Waals surface area contributed by atoms with Crippen molar-refractivity contribution in [1.82, 2.24) is 10.3 Å². The van der Waals surface area contributed by atoms with Crippen molar-refractivity contribution in [3.63, 3.8) is 0 Å². The van der Waals surface area contributed by atoms with Gasteiger partial charge in [0, 0.05) is 23.5 Å². The van der Waals surface area contributed by atoms with Gasteiger partial charge in [-0.25, -0.2) is 0 Å². The Labute approximate surface area is 135 Å². The molecule has 0 saturated carbocycles. The first-order valence-electron chi connectivity index (χ1n) is 7.78. The molecular formula is C17H24N4O2. The zero-order valence-electron chi connectivity index (χ0n) is 13.5. The standard InChI is InChI=1S/C17H24N4O2/c1-10(2)7-13(18)17(23)21-15(16(19)22)8-11-9-20-14-6-4-3-5-12(11)14/h3-6,9-10,13,15,20H,7-8,18H2,1-2H3,(H2,19,22)(H,21,23)/t13-,15+/m0/s1. The van der Waals surface area contributed by atoms with Gasteiger partial charge in [0.15, 0.2) is 0 Å². The Morgan fingerprint density at radius 1 is 1.26 bits per heavy atom. The van der Waals surface area contributed by atoms with Crippen LogP contribution in [-0.4, -0.2) is 28.9 Å². The minimum absolute atomic E-state index is 0.302. The number of hydrogen-bond acceptors (Lipinski definition) is 3. The Bertz CT molecular complexity index is 693. The summed E-state index contributed by atoms with van der Waals surface area (Å²) < 4.78 is 0. The molecule has 124 valence electrons.